The number of methoxy groups -OCH3 is 2. The normalized spacial score (nSPS) is 11.8. The van der Waals surface area contributed by atoms with Crippen molar-refractivity contribution in [1.82, 2.24) is 5.48 Å². The van der Waals surface area contributed by atoms with E-state index >= 15 is 0 Å². The highest BCUT2D eigenvalue weighted by molar-refractivity contribution is 5.77. The van der Waals surface area contributed by atoms with E-state index in [0.717, 1.165) is 24.8 Å². The molecule has 0 spiro atoms. The van der Waals surface area contributed by atoms with Gasteiger partial charge in [0.15, 0.2) is 0 Å². The van der Waals surface area contributed by atoms with Crippen LogP contribution in [-0.2, 0) is 11.2 Å². The van der Waals surface area contributed by atoms with Gasteiger partial charge in [0.25, 0.3) is 0 Å². The largest absolute Gasteiger partial charge is 0.497 e. The number of amides is 1. The SMILES string of the molecule is CCCCC(Cc1cc(OC)cc(OC)c1)C(=O)NO. The molecule has 1 amide bonds. The van der Waals surface area contributed by atoms with Crippen LogP contribution in [-0.4, -0.2) is 25.3 Å². The molecule has 1 rings (SSSR count). The van der Waals surface area contributed by atoms with E-state index in [1.54, 1.807) is 25.8 Å². The third-order valence-corrected chi connectivity index (χ3v) is 3.28. The van der Waals surface area contributed by atoms with Crippen LogP contribution in [0.1, 0.15) is 31.7 Å². The summed E-state index contributed by atoms with van der Waals surface area (Å²) in [6, 6.07) is 5.55. The van der Waals surface area contributed by atoms with Crippen molar-refractivity contribution >= 4 is 5.91 Å². The zero-order valence-corrected chi connectivity index (χ0v) is 12.3. The van der Waals surface area contributed by atoms with Crippen molar-refractivity contribution < 1.29 is 19.5 Å². The molecule has 1 aromatic carbocycles. The number of ether oxygens (including phenoxy) is 2. The van der Waals surface area contributed by atoms with Crippen LogP contribution in [0.5, 0.6) is 11.5 Å². The van der Waals surface area contributed by atoms with Gasteiger partial charge in [0.2, 0.25) is 5.91 Å². The van der Waals surface area contributed by atoms with Gasteiger partial charge in [-0.25, -0.2) is 5.48 Å². The molecule has 0 aliphatic rings. The quantitative estimate of drug-likeness (QED) is 0.567. The summed E-state index contributed by atoms with van der Waals surface area (Å²) in [6.45, 7) is 2.07. The van der Waals surface area contributed by atoms with Gasteiger partial charge in [0.05, 0.1) is 14.2 Å². The lowest BCUT2D eigenvalue weighted by atomic mass is 9.93. The molecule has 0 saturated heterocycles. The van der Waals surface area contributed by atoms with Crippen molar-refractivity contribution in [2.75, 3.05) is 14.2 Å². The minimum absolute atomic E-state index is 0.253. The maximum atomic E-state index is 11.7. The fourth-order valence-corrected chi connectivity index (χ4v) is 2.14. The fraction of sp³-hybridized carbons (Fsp3) is 0.533. The van der Waals surface area contributed by atoms with E-state index in [1.165, 1.54) is 0 Å². The van der Waals surface area contributed by atoms with E-state index in [4.69, 9.17) is 14.7 Å². The Morgan fingerprint density at radius 2 is 1.85 bits per heavy atom. The second-order valence-corrected chi connectivity index (χ2v) is 4.74. The number of benzene rings is 1. The lowest BCUT2D eigenvalue weighted by molar-refractivity contribution is -0.133. The topological polar surface area (TPSA) is 67.8 Å². The number of rotatable bonds is 8. The number of unbranched alkanes of at least 4 members (excludes halogenated alkanes) is 1. The van der Waals surface area contributed by atoms with Gasteiger partial charge in [-0.3, -0.25) is 10.0 Å². The van der Waals surface area contributed by atoms with Crippen LogP contribution in [0.4, 0.5) is 0 Å². The monoisotopic (exact) mass is 281 g/mol. The van der Waals surface area contributed by atoms with Crippen LogP contribution in [0, 0.1) is 5.92 Å². The Bertz CT molecular complexity index is 412. The molecule has 5 nitrogen and oxygen atoms in total. The van der Waals surface area contributed by atoms with Crippen molar-refractivity contribution in [1.29, 1.82) is 0 Å². The van der Waals surface area contributed by atoms with E-state index in [9.17, 15) is 4.79 Å². The Hall–Kier alpha value is -1.75. The molecule has 0 radical (unpaired) electrons. The van der Waals surface area contributed by atoms with E-state index in [1.807, 2.05) is 12.1 Å². The Kier molecular flexibility index (Phi) is 6.87. The smallest absolute Gasteiger partial charge is 0.246 e. The van der Waals surface area contributed by atoms with Crippen LogP contribution >= 0.6 is 0 Å². The number of hydrogen-bond donors (Lipinski definition) is 2. The highest BCUT2D eigenvalue weighted by atomic mass is 16.5. The molecule has 0 aromatic heterocycles. The minimum atomic E-state index is -0.347. The Balaban J connectivity index is 2.88. The van der Waals surface area contributed by atoms with E-state index in [-0.39, 0.29) is 11.8 Å². The van der Waals surface area contributed by atoms with Gasteiger partial charge >= 0.3 is 0 Å². The molecule has 2 N–H and O–H groups in total. The first-order valence-electron chi connectivity index (χ1n) is 6.80. The lowest BCUT2D eigenvalue weighted by Gasteiger charge is -2.15. The van der Waals surface area contributed by atoms with Crippen molar-refractivity contribution in [2.24, 2.45) is 5.92 Å². The molecule has 0 bridgehead atoms. The van der Waals surface area contributed by atoms with Crippen LogP contribution in [0.25, 0.3) is 0 Å². The van der Waals surface area contributed by atoms with Crippen molar-refractivity contribution in [3.05, 3.63) is 23.8 Å². The van der Waals surface area contributed by atoms with Gasteiger partial charge in [0.1, 0.15) is 11.5 Å². The predicted molar refractivity (Wildman–Crippen MR) is 76.2 cm³/mol. The fourth-order valence-electron chi connectivity index (χ4n) is 2.14. The predicted octanol–water partition coefficient (Wildman–Crippen LogP) is 2.56. The second-order valence-electron chi connectivity index (χ2n) is 4.74. The molecular weight excluding hydrogens is 258 g/mol. The van der Waals surface area contributed by atoms with Gasteiger partial charge < -0.3 is 9.47 Å². The average Bonchev–Trinajstić information content (AvgIpc) is 2.49. The van der Waals surface area contributed by atoms with Crippen LogP contribution in [0.15, 0.2) is 18.2 Å². The van der Waals surface area contributed by atoms with Crippen molar-refractivity contribution in [3.63, 3.8) is 0 Å². The molecule has 0 aliphatic carbocycles. The molecule has 0 fully saturated rings. The zero-order chi connectivity index (χ0) is 15.0. The molecule has 1 unspecified atom stereocenters. The number of nitrogens with one attached hydrogen (secondary N) is 1. The molecule has 112 valence electrons. The molecule has 0 heterocycles. The average molecular weight is 281 g/mol. The Morgan fingerprint density at radius 3 is 2.30 bits per heavy atom. The first-order chi connectivity index (χ1) is 9.64. The standard InChI is InChI=1S/C15H23NO4/c1-4-5-6-12(15(17)16-18)7-11-8-13(19-2)10-14(9-11)20-3/h8-10,12,18H,4-7H2,1-3H3,(H,16,17). The lowest BCUT2D eigenvalue weighted by Crippen LogP contribution is -2.29. The van der Waals surface area contributed by atoms with Gasteiger partial charge in [-0.15, -0.1) is 0 Å². The van der Waals surface area contributed by atoms with E-state index in [0.29, 0.717) is 17.9 Å². The first kappa shape index (κ1) is 16.3. The Labute approximate surface area is 119 Å². The number of carbonyl (C=O) groups excluding carboxylic acids is 1. The third-order valence-electron chi connectivity index (χ3n) is 3.28. The summed E-state index contributed by atoms with van der Waals surface area (Å²) >= 11 is 0. The molecule has 1 atom stereocenters. The van der Waals surface area contributed by atoms with Crippen LogP contribution in [0.3, 0.4) is 0 Å². The highest BCUT2D eigenvalue weighted by Crippen LogP contribution is 2.25. The number of hydroxylamine groups is 1. The van der Waals surface area contributed by atoms with Crippen molar-refractivity contribution in [2.45, 2.75) is 32.6 Å². The molecule has 20 heavy (non-hydrogen) atoms. The molecule has 0 aliphatic heterocycles. The summed E-state index contributed by atoms with van der Waals surface area (Å²) in [4.78, 5) is 11.7. The minimum Gasteiger partial charge on any atom is -0.497 e. The second kappa shape index (κ2) is 8.43. The summed E-state index contributed by atoms with van der Waals surface area (Å²) in [6.07, 6.45) is 3.23. The van der Waals surface area contributed by atoms with Crippen LogP contribution in [0.2, 0.25) is 0 Å². The summed E-state index contributed by atoms with van der Waals surface area (Å²) in [5.41, 5.74) is 2.70. The molecule has 0 saturated carbocycles. The maximum absolute atomic E-state index is 11.7. The highest BCUT2D eigenvalue weighted by Gasteiger charge is 2.18. The first-order valence-corrected chi connectivity index (χ1v) is 6.80. The summed E-state index contributed by atoms with van der Waals surface area (Å²) < 4.78 is 10.4. The summed E-state index contributed by atoms with van der Waals surface area (Å²) in [5, 5.41) is 8.84. The zero-order valence-electron chi connectivity index (χ0n) is 12.3. The Morgan fingerprint density at radius 1 is 1.25 bits per heavy atom. The van der Waals surface area contributed by atoms with Crippen molar-refractivity contribution in [3.8, 4) is 11.5 Å². The van der Waals surface area contributed by atoms with Gasteiger partial charge in [-0.05, 0) is 30.5 Å². The maximum Gasteiger partial charge on any atom is 0.246 e. The molecule has 1 aromatic rings. The van der Waals surface area contributed by atoms with E-state index in [2.05, 4.69) is 6.92 Å². The van der Waals surface area contributed by atoms with Crippen LogP contribution < -0.4 is 15.0 Å². The third kappa shape index (κ3) is 4.74. The van der Waals surface area contributed by atoms with Gasteiger partial charge in [-0.2, -0.15) is 0 Å². The number of hydrogen-bond acceptors (Lipinski definition) is 4. The summed E-state index contributed by atoms with van der Waals surface area (Å²) in [7, 11) is 3.18. The number of carbonyl (C=O) groups is 1. The molecule has 5 heteroatoms. The molecular formula is C15H23NO4. The van der Waals surface area contributed by atoms with E-state index < -0.39 is 0 Å². The summed E-state index contributed by atoms with van der Waals surface area (Å²) in [5.74, 6) is 0.785. The van der Waals surface area contributed by atoms with Gasteiger partial charge in [-0.1, -0.05) is 19.8 Å². The van der Waals surface area contributed by atoms with Gasteiger partial charge in [0, 0.05) is 12.0 Å².